The van der Waals surface area contributed by atoms with Crippen LogP contribution in [0.4, 0.5) is 18.9 Å². The van der Waals surface area contributed by atoms with Gasteiger partial charge in [-0.25, -0.2) is 4.98 Å². The Morgan fingerprint density at radius 1 is 1.22 bits per heavy atom. The van der Waals surface area contributed by atoms with Crippen LogP contribution < -0.4 is 10.1 Å². The van der Waals surface area contributed by atoms with E-state index in [4.69, 9.17) is 0 Å². The first-order chi connectivity index (χ1) is 10.9. The van der Waals surface area contributed by atoms with E-state index in [1.807, 2.05) is 4.57 Å². The van der Waals surface area contributed by atoms with Gasteiger partial charge in [0.25, 0.3) is 5.91 Å². The van der Waals surface area contributed by atoms with Crippen LogP contribution in [0.25, 0.3) is 0 Å². The molecule has 1 aliphatic rings. The lowest BCUT2D eigenvalue weighted by molar-refractivity contribution is -0.274. The Morgan fingerprint density at radius 2 is 1.96 bits per heavy atom. The number of hydrogen-bond acceptors (Lipinski definition) is 3. The Hall–Kier alpha value is -2.51. The molecule has 1 aromatic carbocycles. The summed E-state index contributed by atoms with van der Waals surface area (Å²) in [7, 11) is 0. The largest absolute Gasteiger partial charge is 0.573 e. The van der Waals surface area contributed by atoms with Gasteiger partial charge in [0, 0.05) is 24.8 Å². The number of alkyl halides is 3. The summed E-state index contributed by atoms with van der Waals surface area (Å²) in [6.45, 7) is 0.846. The molecule has 0 fully saturated rings. The van der Waals surface area contributed by atoms with Crippen LogP contribution in [0, 0.1) is 0 Å². The van der Waals surface area contributed by atoms with Gasteiger partial charge in [0.15, 0.2) is 0 Å². The predicted octanol–water partition coefficient (Wildman–Crippen LogP) is 3.37. The van der Waals surface area contributed by atoms with Crippen molar-refractivity contribution >= 4 is 11.6 Å². The number of nitrogens with one attached hydrogen (secondary N) is 1. The molecule has 0 bridgehead atoms. The van der Waals surface area contributed by atoms with Gasteiger partial charge in [-0.3, -0.25) is 4.79 Å². The van der Waals surface area contributed by atoms with Gasteiger partial charge in [-0.15, -0.1) is 13.2 Å². The number of imidazole rings is 1. The summed E-state index contributed by atoms with van der Waals surface area (Å²) in [5.74, 6) is 0.152. The number of rotatable bonds is 3. The van der Waals surface area contributed by atoms with Crippen LogP contribution in [0.15, 0.2) is 30.5 Å². The first-order valence-corrected chi connectivity index (χ1v) is 7.14. The molecule has 0 atom stereocenters. The zero-order chi connectivity index (χ0) is 16.4. The van der Waals surface area contributed by atoms with Crippen LogP contribution in [0.1, 0.15) is 29.2 Å². The van der Waals surface area contributed by atoms with Gasteiger partial charge in [-0.05, 0) is 37.1 Å². The van der Waals surface area contributed by atoms with E-state index >= 15 is 0 Å². The third kappa shape index (κ3) is 3.82. The molecule has 1 aliphatic heterocycles. The molecule has 0 saturated carbocycles. The smallest absolute Gasteiger partial charge is 0.406 e. The molecule has 5 nitrogen and oxygen atoms in total. The maximum absolute atomic E-state index is 12.1. The number of ether oxygens (including phenoxy) is 1. The summed E-state index contributed by atoms with van der Waals surface area (Å²) in [6, 6.07) is 4.96. The third-order valence-corrected chi connectivity index (χ3v) is 3.49. The quantitative estimate of drug-likeness (QED) is 0.941. The lowest BCUT2D eigenvalue weighted by Gasteiger charge is -2.11. The molecule has 2 heterocycles. The van der Waals surface area contributed by atoms with Crippen molar-refractivity contribution in [2.75, 3.05) is 5.32 Å². The number of anilines is 1. The molecule has 0 unspecified atom stereocenters. The van der Waals surface area contributed by atoms with Gasteiger partial charge in [0.2, 0.25) is 0 Å². The lowest BCUT2D eigenvalue weighted by Crippen LogP contribution is -2.17. The van der Waals surface area contributed by atoms with Gasteiger partial charge in [-0.2, -0.15) is 0 Å². The number of carbonyl (C=O) groups is 1. The van der Waals surface area contributed by atoms with Gasteiger partial charge < -0.3 is 14.6 Å². The molecule has 0 aliphatic carbocycles. The average molecular weight is 325 g/mol. The van der Waals surface area contributed by atoms with Crippen molar-refractivity contribution in [3.63, 3.8) is 0 Å². The van der Waals surface area contributed by atoms with Crippen LogP contribution in [-0.2, 0) is 13.0 Å². The van der Waals surface area contributed by atoms with Crippen LogP contribution in [0.3, 0.4) is 0 Å². The number of amides is 1. The Morgan fingerprint density at radius 3 is 2.61 bits per heavy atom. The first-order valence-electron chi connectivity index (χ1n) is 7.14. The van der Waals surface area contributed by atoms with E-state index in [1.165, 1.54) is 12.1 Å². The molecule has 1 aromatic heterocycles. The Bertz CT molecular complexity index is 684. The summed E-state index contributed by atoms with van der Waals surface area (Å²) in [5.41, 5.74) is 0.674. The van der Waals surface area contributed by atoms with Gasteiger partial charge in [0.05, 0.1) is 0 Å². The second kappa shape index (κ2) is 5.94. The van der Waals surface area contributed by atoms with Crippen molar-refractivity contribution < 1.29 is 22.7 Å². The minimum absolute atomic E-state index is 0.303. The predicted molar refractivity (Wildman–Crippen MR) is 76.2 cm³/mol. The minimum atomic E-state index is -4.74. The Kier molecular flexibility index (Phi) is 3.97. The van der Waals surface area contributed by atoms with E-state index in [0.717, 1.165) is 43.8 Å². The van der Waals surface area contributed by atoms with Gasteiger partial charge >= 0.3 is 6.36 Å². The fraction of sp³-hybridized carbons (Fsp3) is 0.333. The maximum atomic E-state index is 12.1. The van der Waals surface area contributed by atoms with Crippen LogP contribution in [0.2, 0.25) is 0 Å². The van der Waals surface area contributed by atoms with E-state index in [2.05, 4.69) is 15.0 Å². The second-order valence-electron chi connectivity index (χ2n) is 5.22. The summed E-state index contributed by atoms with van der Waals surface area (Å²) in [5, 5.41) is 2.61. The van der Waals surface area contributed by atoms with E-state index in [-0.39, 0.29) is 5.75 Å². The molecular formula is C15H14F3N3O2. The molecule has 8 heteroatoms. The summed E-state index contributed by atoms with van der Waals surface area (Å²) in [6.07, 6.45) is -0.0776. The molecule has 23 heavy (non-hydrogen) atoms. The van der Waals surface area contributed by atoms with Crippen molar-refractivity contribution in [1.82, 2.24) is 9.55 Å². The number of aryl methyl sites for hydroxylation is 2. The van der Waals surface area contributed by atoms with Crippen LogP contribution in [0.5, 0.6) is 5.75 Å². The van der Waals surface area contributed by atoms with Crippen LogP contribution in [-0.4, -0.2) is 21.8 Å². The van der Waals surface area contributed by atoms with Crippen molar-refractivity contribution in [2.24, 2.45) is 0 Å². The maximum Gasteiger partial charge on any atom is 0.573 e. The Balaban J connectivity index is 1.67. The Labute approximate surface area is 130 Å². The SMILES string of the molecule is O=C(Nc1ccc(OC(F)(F)F)cc1)c1cn2c(n1)CCCC2. The number of carbonyl (C=O) groups excluding carboxylic acids is 1. The molecule has 0 spiro atoms. The molecule has 1 N–H and O–H groups in total. The monoisotopic (exact) mass is 325 g/mol. The van der Waals surface area contributed by atoms with Gasteiger partial charge in [-0.1, -0.05) is 0 Å². The first kappa shape index (κ1) is 15.4. The van der Waals surface area contributed by atoms with Crippen molar-refractivity contribution in [1.29, 1.82) is 0 Å². The number of benzene rings is 1. The summed E-state index contributed by atoms with van der Waals surface area (Å²) >= 11 is 0. The lowest BCUT2D eigenvalue weighted by atomic mass is 10.2. The highest BCUT2D eigenvalue weighted by Gasteiger charge is 2.31. The van der Waals surface area contributed by atoms with Crippen molar-refractivity contribution in [2.45, 2.75) is 32.2 Å². The minimum Gasteiger partial charge on any atom is -0.406 e. The molecule has 0 saturated heterocycles. The summed E-state index contributed by atoms with van der Waals surface area (Å²) < 4.78 is 42.0. The van der Waals surface area contributed by atoms with Crippen molar-refractivity contribution in [3.05, 3.63) is 42.0 Å². The molecule has 1 amide bonds. The highest BCUT2D eigenvalue weighted by atomic mass is 19.4. The number of aromatic nitrogens is 2. The highest BCUT2D eigenvalue weighted by molar-refractivity contribution is 6.02. The number of fused-ring (bicyclic) bond motifs is 1. The zero-order valence-corrected chi connectivity index (χ0v) is 12.1. The molecule has 0 radical (unpaired) electrons. The fourth-order valence-electron chi connectivity index (χ4n) is 2.46. The number of hydrogen-bond donors (Lipinski definition) is 1. The molecule has 3 rings (SSSR count). The van der Waals surface area contributed by atoms with Crippen molar-refractivity contribution in [3.8, 4) is 5.75 Å². The molecular weight excluding hydrogens is 311 g/mol. The molecule has 2 aromatic rings. The fourth-order valence-corrected chi connectivity index (χ4v) is 2.46. The zero-order valence-electron chi connectivity index (χ0n) is 12.1. The normalized spacial score (nSPS) is 14.2. The number of halogens is 3. The molecule has 122 valence electrons. The van der Waals surface area contributed by atoms with E-state index in [1.54, 1.807) is 6.20 Å². The average Bonchev–Trinajstić information content (AvgIpc) is 2.92. The van der Waals surface area contributed by atoms with E-state index in [0.29, 0.717) is 11.4 Å². The van der Waals surface area contributed by atoms with E-state index < -0.39 is 12.3 Å². The standard InChI is InChI=1S/C15H14F3N3O2/c16-15(17,18)23-11-6-4-10(5-7-11)19-14(22)12-9-21-8-2-1-3-13(21)20-12/h4-7,9H,1-3,8H2,(H,19,22). The third-order valence-electron chi connectivity index (χ3n) is 3.49. The van der Waals surface area contributed by atoms with Crippen LogP contribution >= 0.6 is 0 Å². The number of nitrogens with zero attached hydrogens (tertiary/aromatic N) is 2. The highest BCUT2D eigenvalue weighted by Crippen LogP contribution is 2.24. The van der Waals surface area contributed by atoms with Gasteiger partial charge in [0.1, 0.15) is 17.3 Å². The second-order valence-corrected chi connectivity index (χ2v) is 5.22. The summed E-state index contributed by atoms with van der Waals surface area (Å²) in [4.78, 5) is 16.4. The topological polar surface area (TPSA) is 56.1 Å². The van der Waals surface area contributed by atoms with E-state index in [9.17, 15) is 18.0 Å².